The van der Waals surface area contributed by atoms with E-state index in [1.54, 1.807) is 53.0 Å². The van der Waals surface area contributed by atoms with E-state index in [-0.39, 0.29) is 48.6 Å². The van der Waals surface area contributed by atoms with Crippen molar-refractivity contribution in [3.8, 4) is 5.75 Å². The first-order chi connectivity index (χ1) is 18.3. The number of anilines is 1. The molecule has 4 rings (SSSR count). The predicted molar refractivity (Wildman–Crippen MR) is 150 cm³/mol. The van der Waals surface area contributed by atoms with Gasteiger partial charge in [-0.05, 0) is 43.0 Å². The van der Waals surface area contributed by atoms with E-state index in [1.165, 1.54) is 4.90 Å². The molecule has 206 valence electrons. The van der Waals surface area contributed by atoms with Crippen LogP contribution in [0.1, 0.15) is 26.7 Å². The van der Waals surface area contributed by atoms with E-state index in [4.69, 9.17) is 4.74 Å². The minimum absolute atomic E-state index is 0.0314. The van der Waals surface area contributed by atoms with Crippen LogP contribution in [0.4, 0.5) is 5.69 Å². The van der Waals surface area contributed by atoms with Crippen molar-refractivity contribution >= 4 is 35.2 Å². The standard InChI is InChI=1S/C29H39N3O5S/c1-6-13-30(14-7-2)26(34)23-22-18-19(4)29(38-22)24(23)27(35)32(16-17-33)25(29)28(36)31(15-8-3)20-9-11-21(37-5)12-10-20/h6,8-12,19,22-25,33H,1,3,7,13-18H2,2,4-5H3/t19?,22-,23+,24-,25?,29?/m0/s1. The van der Waals surface area contributed by atoms with E-state index in [9.17, 15) is 19.5 Å². The van der Waals surface area contributed by atoms with Crippen LogP contribution < -0.4 is 9.64 Å². The molecule has 3 saturated heterocycles. The lowest BCUT2D eigenvalue weighted by Gasteiger charge is -2.41. The third-order valence-electron chi connectivity index (χ3n) is 8.22. The second kappa shape index (κ2) is 11.5. The Bertz CT molecular complexity index is 1080. The van der Waals surface area contributed by atoms with Gasteiger partial charge < -0.3 is 24.5 Å². The van der Waals surface area contributed by atoms with Gasteiger partial charge in [0.05, 0.1) is 30.3 Å². The van der Waals surface area contributed by atoms with E-state index >= 15 is 0 Å². The highest BCUT2D eigenvalue weighted by molar-refractivity contribution is 8.02. The SMILES string of the molecule is C=CCN(CCC)C(=O)[C@@H]1[C@@H]2CC(C)C3(S2)C(C(=O)N(CC=C)c2ccc(OC)cc2)N(CCO)C(=O)[C@H]13. The number of methoxy groups -OCH3 is 1. The highest BCUT2D eigenvalue weighted by Gasteiger charge is 2.76. The minimum Gasteiger partial charge on any atom is -0.497 e. The Morgan fingerprint density at radius 2 is 1.89 bits per heavy atom. The molecule has 1 aromatic rings. The van der Waals surface area contributed by atoms with Crippen LogP contribution in [0.5, 0.6) is 5.75 Å². The number of benzene rings is 1. The number of aliphatic hydroxyl groups is 1. The topological polar surface area (TPSA) is 90.4 Å². The number of thioether (sulfide) groups is 1. The van der Waals surface area contributed by atoms with E-state index in [1.807, 2.05) is 19.1 Å². The molecular weight excluding hydrogens is 502 g/mol. The van der Waals surface area contributed by atoms with Crippen molar-refractivity contribution in [2.75, 3.05) is 44.8 Å². The molecule has 38 heavy (non-hydrogen) atoms. The highest BCUT2D eigenvalue weighted by atomic mass is 32.2. The molecule has 9 heteroatoms. The molecule has 3 unspecified atom stereocenters. The third-order valence-corrected chi connectivity index (χ3v) is 10.3. The van der Waals surface area contributed by atoms with Crippen molar-refractivity contribution in [2.45, 2.75) is 42.7 Å². The second-order valence-electron chi connectivity index (χ2n) is 10.3. The first kappa shape index (κ1) is 28.2. The molecule has 3 aliphatic rings. The number of hydrogen-bond acceptors (Lipinski definition) is 6. The van der Waals surface area contributed by atoms with Gasteiger partial charge in [-0.15, -0.1) is 24.9 Å². The summed E-state index contributed by atoms with van der Waals surface area (Å²) in [6, 6.07) is 6.42. The van der Waals surface area contributed by atoms with Crippen molar-refractivity contribution in [1.82, 2.24) is 9.80 Å². The molecule has 3 fully saturated rings. The van der Waals surface area contributed by atoms with Gasteiger partial charge in [-0.2, -0.15) is 0 Å². The van der Waals surface area contributed by atoms with Crippen molar-refractivity contribution in [3.63, 3.8) is 0 Å². The van der Waals surface area contributed by atoms with E-state index in [0.29, 0.717) is 24.5 Å². The average molecular weight is 542 g/mol. The van der Waals surface area contributed by atoms with Crippen LogP contribution in [0.3, 0.4) is 0 Å². The zero-order chi connectivity index (χ0) is 27.6. The van der Waals surface area contributed by atoms with Gasteiger partial charge in [-0.1, -0.05) is 26.0 Å². The number of hydrogen-bond donors (Lipinski definition) is 1. The molecule has 1 N–H and O–H groups in total. The molecule has 3 heterocycles. The summed E-state index contributed by atoms with van der Waals surface area (Å²) in [5.41, 5.74) is 0.671. The number of aliphatic hydroxyl groups excluding tert-OH is 1. The summed E-state index contributed by atoms with van der Waals surface area (Å²) in [5, 5.41) is 9.89. The number of carbonyl (C=O) groups is 3. The zero-order valence-corrected chi connectivity index (χ0v) is 23.4. The molecule has 8 nitrogen and oxygen atoms in total. The quantitative estimate of drug-likeness (QED) is 0.409. The third kappa shape index (κ3) is 4.43. The van der Waals surface area contributed by atoms with Gasteiger partial charge >= 0.3 is 0 Å². The van der Waals surface area contributed by atoms with Crippen LogP contribution in [-0.4, -0.2) is 88.6 Å². The maximum absolute atomic E-state index is 14.5. The lowest BCUT2D eigenvalue weighted by Crippen LogP contribution is -2.58. The molecule has 0 saturated carbocycles. The largest absolute Gasteiger partial charge is 0.497 e. The van der Waals surface area contributed by atoms with Crippen molar-refractivity contribution in [1.29, 1.82) is 0 Å². The van der Waals surface area contributed by atoms with Crippen LogP contribution in [-0.2, 0) is 14.4 Å². The Kier molecular flexibility index (Phi) is 8.57. The van der Waals surface area contributed by atoms with Crippen LogP contribution in [0.2, 0.25) is 0 Å². The van der Waals surface area contributed by atoms with Crippen LogP contribution in [0.25, 0.3) is 0 Å². The number of likely N-dealkylation sites (tertiary alicyclic amines) is 1. The Balaban J connectivity index is 1.77. The second-order valence-corrected chi connectivity index (χ2v) is 11.9. The Labute approximate surface area is 229 Å². The number of carbonyl (C=O) groups excluding carboxylic acids is 3. The first-order valence-corrected chi connectivity index (χ1v) is 14.2. The van der Waals surface area contributed by atoms with Crippen molar-refractivity contribution in [3.05, 3.63) is 49.6 Å². The predicted octanol–water partition coefficient (Wildman–Crippen LogP) is 2.97. The van der Waals surface area contributed by atoms with Crippen molar-refractivity contribution in [2.24, 2.45) is 17.8 Å². The minimum atomic E-state index is -0.795. The summed E-state index contributed by atoms with van der Waals surface area (Å²) in [6.45, 7) is 12.8. The molecule has 1 spiro atoms. The fraction of sp³-hybridized carbons (Fsp3) is 0.552. The van der Waals surface area contributed by atoms with Gasteiger partial charge in [0, 0.05) is 37.1 Å². The van der Waals surface area contributed by atoms with Gasteiger partial charge in [0.1, 0.15) is 11.8 Å². The van der Waals surface area contributed by atoms with Gasteiger partial charge in [0.2, 0.25) is 11.8 Å². The molecule has 0 aromatic heterocycles. The summed E-state index contributed by atoms with van der Waals surface area (Å²) in [4.78, 5) is 47.4. The van der Waals surface area contributed by atoms with E-state index in [0.717, 1.165) is 12.8 Å². The number of nitrogens with zero attached hydrogens (tertiary/aromatic N) is 3. The molecule has 3 amide bonds. The van der Waals surface area contributed by atoms with Gasteiger partial charge in [0.15, 0.2) is 0 Å². The molecule has 0 aliphatic carbocycles. The molecular formula is C29H39N3O5S. The maximum atomic E-state index is 14.5. The van der Waals surface area contributed by atoms with E-state index < -0.39 is 22.6 Å². The van der Waals surface area contributed by atoms with Gasteiger partial charge in [-0.3, -0.25) is 14.4 Å². The number of amides is 3. The lowest BCUT2D eigenvalue weighted by molar-refractivity contribution is -0.144. The molecule has 1 aromatic carbocycles. The van der Waals surface area contributed by atoms with Gasteiger partial charge in [0.25, 0.3) is 5.91 Å². The highest BCUT2D eigenvalue weighted by Crippen LogP contribution is 2.68. The normalized spacial score (nSPS) is 29.2. The Morgan fingerprint density at radius 1 is 1.21 bits per heavy atom. The average Bonchev–Trinajstić information content (AvgIpc) is 3.50. The number of β-amino-alcohol motifs (C(OH)–C–C–N with tert-alkyl or cyclic N) is 1. The summed E-state index contributed by atoms with van der Waals surface area (Å²) < 4.78 is 4.54. The van der Waals surface area contributed by atoms with Gasteiger partial charge in [-0.25, -0.2) is 0 Å². The summed E-state index contributed by atoms with van der Waals surface area (Å²) in [7, 11) is 1.58. The monoisotopic (exact) mass is 541 g/mol. The summed E-state index contributed by atoms with van der Waals surface area (Å²) in [5.74, 6) is -0.847. The summed E-state index contributed by atoms with van der Waals surface area (Å²) >= 11 is 1.64. The fourth-order valence-electron chi connectivity index (χ4n) is 6.72. The summed E-state index contributed by atoms with van der Waals surface area (Å²) in [6.07, 6.45) is 4.95. The van der Waals surface area contributed by atoms with Crippen LogP contribution >= 0.6 is 11.8 Å². The Hall–Kier alpha value is -2.78. The molecule has 0 radical (unpaired) electrons. The van der Waals surface area contributed by atoms with Crippen LogP contribution in [0.15, 0.2) is 49.6 Å². The van der Waals surface area contributed by atoms with Crippen LogP contribution in [0, 0.1) is 17.8 Å². The lowest BCUT2D eigenvalue weighted by atomic mass is 9.65. The molecule has 6 atom stereocenters. The molecule has 2 bridgehead atoms. The number of fused-ring (bicyclic) bond motifs is 1. The zero-order valence-electron chi connectivity index (χ0n) is 22.5. The first-order valence-electron chi connectivity index (χ1n) is 13.4. The number of rotatable bonds is 12. The number of ether oxygens (including phenoxy) is 1. The van der Waals surface area contributed by atoms with Crippen molar-refractivity contribution < 1.29 is 24.2 Å². The van der Waals surface area contributed by atoms with E-state index in [2.05, 4.69) is 20.1 Å². The maximum Gasteiger partial charge on any atom is 0.251 e. The molecule has 3 aliphatic heterocycles. The fourth-order valence-corrected chi connectivity index (χ4v) is 9.13. The smallest absolute Gasteiger partial charge is 0.251 e. The Morgan fingerprint density at radius 3 is 2.47 bits per heavy atom.